The summed E-state index contributed by atoms with van der Waals surface area (Å²) in [5.74, 6) is -0.804. The fourth-order valence-electron chi connectivity index (χ4n) is 2.16. The Morgan fingerprint density at radius 3 is 2.75 bits per heavy atom. The largest absolute Gasteiger partial charge is 0.489 e. The Morgan fingerprint density at radius 1 is 1.25 bits per heavy atom. The number of hydrogen-bond acceptors (Lipinski definition) is 4. The molecule has 6 heteroatoms. The molecule has 0 aliphatic heterocycles. The highest BCUT2D eigenvalue weighted by Gasteiger charge is 2.15. The topological polar surface area (TPSA) is 88.5 Å². The number of nitrogens with zero attached hydrogens (tertiary/aromatic N) is 1. The normalized spacial score (nSPS) is 10.5. The monoisotopic (exact) mass is 328 g/mol. The minimum atomic E-state index is -0.853. The minimum Gasteiger partial charge on any atom is -0.489 e. The average molecular weight is 328 g/mol. The van der Waals surface area contributed by atoms with Gasteiger partial charge < -0.3 is 15.2 Å². The number of amides is 1. The van der Waals surface area contributed by atoms with Crippen molar-refractivity contribution in [2.75, 3.05) is 5.32 Å². The number of aryl methyl sites for hydroxylation is 1. The van der Waals surface area contributed by atoms with Crippen LogP contribution in [-0.4, -0.2) is 28.1 Å². The number of benzene rings is 1. The van der Waals surface area contributed by atoms with Gasteiger partial charge in [0.05, 0.1) is 6.10 Å². The first-order chi connectivity index (χ1) is 11.5. The van der Waals surface area contributed by atoms with E-state index >= 15 is 0 Å². The summed E-state index contributed by atoms with van der Waals surface area (Å²) >= 11 is 0. The predicted molar refractivity (Wildman–Crippen MR) is 90.4 cm³/mol. The predicted octanol–water partition coefficient (Wildman–Crippen LogP) is 3.14. The van der Waals surface area contributed by atoms with Gasteiger partial charge in [-0.1, -0.05) is 12.1 Å². The molecule has 0 aliphatic rings. The minimum absolute atomic E-state index is 0.0457. The Kier molecular flexibility index (Phi) is 5.89. The number of carbonyl (C=O) groups excluding carboxylic acids is 1. The van der Waals surface area contributed by atoms with Gasteiger partial charge in [0.15, 0.2) is 11.4 Å². The molecule has 24 heavy (non-hydrogen) atoms. The zero-order chi connectivity index (χ0) is 17.5. The second kappa shape index (κ2) is 8.10. The molecule has 1 heterocycles. The molecule has 0 unspecified atom stereocenters. The van der Waals surface area contributed by atoms with Gasteiger partial charge in [-0.05, 0) is 50.1 Å². The van der Waals surface area contributed by atoms with Gasteiger partial charge >= 0.3 is 5.97 Å². The van der Waals surface area contributed by atoms with Gasteiger partial charge in [-0.15, -0.1) is 0 Å². The van der Waals surface area contributed by atoms with Gasteiger partial charge in [-0.3, -0.25) is 9.59 Å². The lowest BCUT2D eigenvalue weighted by Crippen LogP contribution is -2.17. The summed E-state index contributed by atoms with van der Waals surface area (Å²) in [6, 6.07) is 10.5. The van der Waals surface area contributed by atoms with E-state index in [1.54, 1.807) is 30.3 Å². The molecule has 0 radical (unpaired) electrons. The molecule has 2 rings (SSSR count). The van der Waals surface area contributed by atoms with Gasteiger partial charge in [-0.2, -0.15) is 0 Å². The number of rotatable bonds is 7. The first-order valence-electron chi connectivity index (χ1n) is 7.69. The zero-order valence-corrected chi connectivity index (χ0v) is 13.7. The number of carbonyl (C=O) groups is 2. The number of anilines is 1. The van der Waals surface area contributed by atoms with E-state index in [0.717, 1.165) is 5.56 Å². The number of nitrogens with one attached hydrogen (secondary N) is 1. The standard InChI is InChI=1S/C18H20N2O4/c1-12(2)24-15-7-4-10-19-17(15)18(23)20-14-6-3-5-13(11-14)8-9-16(21)22/h3-7,10-12H,8-9H2,1-2H3,(H,20,23)(H,21,22). The number of ether oxygens (including phenoxy) is 1. The molecule has 0 saturated carbocycles. The molecular formula is C18H20N2O4. The van der Waals surface area contributed by atoms with Crippen LogP contribution in [0.15, 0.2) is 42.6 Å². The van der Waals surface area contributed by atoms with Crippen molar-refractivity contribution in [2.45, 2.75) is 32.8 Å². The molecule has 6 nitrogen and oxygen atoms in total. The van der Waals surface area contributed by atoms with Gasteiger partial charge in [0.2, 0.25) is 0 Å². The van der Waals surface area contributed by atoms with Crippen molar-refractivity contribution in [3.63, 3.8) is 0 Å². The molecule has 0 saturated heterocycles. The number of aromatic nitrogens is 1. The number of carboxylic acid groups (broad SMARTS) is 1. The first kappa shape index (κ1) is 17.5. The van der Waals surface area contributed by atoms with Crippen LogP contribution < -0.4 is 10.1 Å². The third-order valence-corrected chi connectivity index (χ3v) is 3.16. The fraction of sp³-hybridized carbons (Fsp3) is 0.278. The van der Waals surface area contributed by atoms with E-state index in [1.165, 1.54) is 6.20 Å². The number of hydrogen-bond donors (Lipinski definition) is 2. The van der Waals surface area contributed by atoms with E-state index in [9.17, 15) is 9.59 Å². The van der Waals surface area contributed by atoms with Crippen molar-refractivity contribution in [1.82, 2.24) is 4.98 Å². The van der Waals surface area contributed by atoms with Crippen molar-refractivity contribution in [2.24, 2.45) is 0 Å². The summed E-state index contributed by atoms with van der Waals surface area (Å²) < 4.78 is 5.60. The third kappa shape index (κ3) is 5.08. The van der Waals surface area contributed by atoms with E-state index in [2.05, 4.69) is 10.3 Å². The summed E-state index contributed by atoms with van der Waals surface area (Å²) in [5, 5.41) is 11.5. The van der Waals surface area contributed by atoms with E-state index in [0.29, 0.717) is 17.9 Å². The van der Waals surface area contributed by atoms with Gasteiger partial charge in [0.1, 0.15) is 0 Å². The molecule has 2 aromatic rings. The van der Waals surface area contributed by atoms with Crippen LogP contribution in [0, 0.1) is 0 Å². The lowest BCUT2D eigenvalue weighted by atomic mass is 10.1. The molecular weight excluding hydrogens is 308 g/mol. The van der Waals surface area contributed by atoms with Crippen LogP contribution in [0.1, 0.15) is 36.3 Å². The highest BCUT2D eigenvalue weighted by Crippen LogP contribution is 2.19. The first-order valence-corrected chi connectivity index (χ1v) is 7.69. The van der Waals surface area contributed by atoms with Crippen molar-refractivity contribution < 1.29 is 19.4 Å². The van der Waals surface area contributed by atoms with Gasteiger partial charge in [-0.25, -0.2) is 4.98 Å². The van der Waals surface area contributed by atoms with E-state index < -0.39 is 5.97 Å². The summed E-state index contributed by atoms with van der Waals surface area (Å²) in [7, 11) is 0. The van der Waals surface area contributed by atoms with Crippen molar-refractivity contribution in [1.29, 1.82) is 0 Å². The molecule has 0 bridgehead atoms. The molecule has 1 aromatic carbocycles. The highest BCUT2D eigenvalue weighted by atomic mass is 16.5. The Morgan fingerprint density at radius 2 is 2.04 bits per heavy atom. The second-order valence-electron chi connectivity index (χ2n) is 5.56. The lowest BCUT2D eigenvalue weighted by Gasteiger charge is -2.13. The van der Waals surface area contributed by atoms with Crippen LogP contribution in [0.3, 0.4) is 0 Å². The summed E-state index contributed by atoms with van der Waals surface area (Å²) in [4.78, 5) is 27.2. The molecule has 0 spiro atoms. The molecule has 2 N–H and O–H groups in total. The lowest BCUT2D eigenvalue weighted by molar-refractivity contribution is -0.136. The highest BCUT2D eigenvalue weighted by molar-refractivity contribution is 6.04. The van der Waals surface area contributed by atoms with E-state index in [4.69, 9.17) is 9.84 Å². The van der Waals surface area contributed by atoms with Crippen molar-refractivity contribution in [3.8, 4) is 5.75 Å². The molecule has 0 aliphatic carbocycles. The van der Waals surface area contributed by atoms with Crippen LogP contribution in [0.2, 0.25) is 0 Å². The Labute approximate surface area is 140 Å². The van der Waals surface area contributed by atoms with E-state index in [1.807, 2.05) is 19.9 Å². The SMILES string of the molecule is CC(C)Oc1cccnc1C(=O)Nc1cccc(CCC(=O)O)c1. The molecule has 126 valence electrons. The van der Waals surface area contributed by atoms with Gasteiger partial charge in [0, 0.05) is 18.3 Å². The second-order valence-corrected chi connectivity index (χ2v) is 5.56. The Balaban J connectivity index is 2.12. The summed E-state index contributed by atoms with van der Waals surface area (Å²) in [6.07, 6.45) is 1.92. The number of pyridine rings is 1. The number of aliphatic carboxylic acids is 1. The van der Waals surface area contributed by atoms with Crippen LogP contribution in [0.5, 0.6) is 5.75 Å². The zero-order valence-electron chi connectivity index (χ0n) is 13.7. The maximum absolute atomic E-state index is 12.4. The van der Waals surface area contributed by atoms with Crippen molar-refractivity contribution in [3.05, 3.63) is 53.9 Å². The molecule has 0 atom stereocenters. The third-order valence-electron chi connectivity index (χ3n) is 3.16. The fourth-order valence-corrected chi connectivity index (χ4v) is 2.16. The number of carboxylic acids is 1. The van der Waals surface area contributed by atoms with Crippen molar-refractivity contribution >= 4 is 17.6 Å². The molecule has 1 aromatic heterocycles. The molecule has 0 fully saturated rings. The van der Waals surface area contributed by atoms with Crippen LogP contribution in [-0.2, 0) is 11.2 Å². The maximum Gasteiger partial charge on any atom is 0.303 e. The van der Waals surface area contributed by atoms with Gasteiger partial charge in [0.25, 0.3) is 5.91 Å². The average Bonchev–Trinajstić information content (AvgIpc) is 2.53. The maximum atomic E-state index is 12.4. The van der Waals surface area contributed by atoms with E-state index in [-0.39, 0.29) is 24.1 Å². The Hall–Kier alpha value is -2.89. The van der Waals surface area contributed by atoms with Crippen LogP contribution in [0.25, 0.3) is 0 Å². The summed E-state index contributed by atoms with van der Waals surface area (Å²) in [6.45, 7) is 3.75. The molecule has 1 amide bonds. The smallest absolute Gasteiger partial charge is 0.303 e. The Bertz CT molecular complexity index is 728. The quantitative estimate of drug-likeness (QED) is 0.815. The van der Waals surface area contributed by atoms with Crippen LogP contribution >= 0.6 is 0 Å². The van der Waals surface area contributed by atoms with Crippen LogP contribution in [0.4, 0.5) is 5.69 Å². The summed E-state index contributed by atoms with van der Waals surface area (Å²) in [5.41, 5.74) is 1.64.